The molecule has 3 N–H and O–H groups in total. The average Bonchev–Trinajstić information content (AvgIpc) is 1.47. The van der Waals surface area contributed by atoms with Gasteiger partial charge in [0.15, 0.2) is 6.61 Å². The lowest BCUT2D eigenvalue weighted by Crippen LogP contribution is -2.60. The number of carbonyl (C=O) groups excluding carboxylic acids is 8. The van der Waals surface area contributed by atoms with Crippen LogP contribution in [0.3, 0.4) is 0 Å². The fraction of sp³-hybridized carbons (Fsp3) is 0.758. The fourth-order valence-electron chi connectivity index (χ4n) is 17.9. The Bertz CT molecular complexity index is 3840. The molecular weight excluding hydrogens is 1430 g/mol. The van der Waals surface area contributed by atoms with Crippen LogP contribution in [0.4, 0.5) is 0 Å². The van der Waals surface area contributed by atoms with Crippen molar-refractivity contribution >= 4 is 88.0 Å². The molecule has 12 aliphatic rings. The lowest BCUT2D eigenvalue weighted by molar-refractivity contribution is -0.194. The van der Waals surface area contributed by atoms with Gasteiger partial charge < -0.3 is 58.6 Å². The molecule has 0 spiro atoms. The fourth-order valence-corrected chi connectivity index (χ4v) is 26.0. The van der Waals surface area contributed by atoms with Gasteiger partial charge in [-0.2, -0.15) is 33.7 Å². The standard InChI is InChI=1S/C19H29NO7S.C17H25NO7S.C16H23NO7S.C14H18O8S/c1-11(2)16(22)25-8-7-20-14(21)10-26-19(6)17(4)9-13-15(12(17)3)18(19,5)27-28(13,23)24;1-9(2)16(20)23-6-5-18-12(19)8-24-14-10-7-11-13(17(10,3)4)15(14)25-26(11,21)22;1-9(2)15(19)22-5-4-17-13(18)8-23-16(3)10-6-11-12(7-10)25(20,21)24-14(11)16;1-2-11(15)21-7-12(16)19-3-4-20-13-8-5-9-10(6-8)23(17,18)22-14(9)13/h12-13,15H,1,7-10H2,2-6H3,(H,20,21);10-11,13-15H,1,5-8H2,2-4H3,(H,18,19);10-12,14H,1,4-8H2,2-3H3,(H,17,18);2,8-10,13-14H,1,3-7H2. The second-order valence-corrected chi connectivity index (χ2v) is 36.7. The lowest BCUT2D eigenvalue weighted by Gasteiger charge is -2.49. The van der Waals surface area contributed by atoms with Crippen LogP contribution in [0.2, 0.25) is 0 Å². The number of esters is 5. The quantitative estimate of drug-likeness (QED) is 0.0328. The molecule has 12 fully saturated rings. The molecule has 0 radical (unpaired) electrons. The summed E-state index contributed by atoms with van der Waals surface area (Å²) in [5.74, 6) is -3.85. The summed E-state index contributed by atoms with van der Waals surface area (Å²) in [6.07, 6.45) is 2.48. The zero-order valence-corrected chi connectivity index (χ0v) is 62.2. The molecule has 21 atom stereocenters. The van der Waals surface area contributed by atoms with E-state index in [1.165, 1.54) is 0 Å². The number of carbonyl (C=O) groups is 8. The van der Waals surface area contributed by atoms with E-state index in [-0.39, 0.29) is 154 Å². The van der Waals surface area contributed by atoms with Crippen LogP contribution in [0.15, 0.2) is 49.1 Å². The maximum atomic E-state index is 12.5. The smallest absolute Gasteiger partial charge is 0.344 e. The highest BCUT2D eigenvalue weighted by molar-refractivity contribution is 7.88. The van der Waals surface area contributed by atoms with Crippen molar-refractivity contribution in [1.29, 1.82) is 0 Å². The number of hydrogen-bond acceptors (Lipinski definition) is 29. The number of rotatable bonds is 28. The molecule has 8 saturated carbocycles. The van der Waals surface area contributed by atoms with E-state index >= 15 is 0 Å². The Hall–Kier alpha value is -5.80. The van der Waals surface area contributed by atoms with Gasteiger partial charge >= 0.3 is 29.8 Å². The molecule has 0 aromatic rings. The molecule has 8 aliphatic carbocycles. The summed E-state index contributed by atoms with van der Waals surface area (Å²) in [6.45, 7) is 31.5. The average molecular weight is 1520 g/mol. The first-order chi connectivity index (χ1) is 47.4. The zero-order valence-electron chi connectivity index (χ0n) is 58.9. The van der Waals surface area contributed by atoms with Crippen LogP contribution in [0.5, 0.6) is 0 Å². The van der Waals surface area contributed by atoms with Crippen molar-refractivity contribution in [1.82, 2.24) is 16.0 Å². The molecule has 0 aromatic carbocycles. The van der Waals surface area contributed by atoms with Gasteiger partial charge in [0.05, 0.1) is 65.0 Å². The van der Waals surface area contributed by atoms with E-state index in [0.29, 0.717) is 42.4 Å². The number of hydrogen-bond donors (Lipinski definition) is 3. The summed E-state index contributed by atoms with van der Waals surface area (Å²) in [5.41, 5.74) is -2.43. The maximum Gasteiger partial charge on any atom is 0.344 e. The van der Waals surface area contributed by atoms with Gasteiger partial charge in [-0.25, -0.2) is 24.0 Å². The number of fused-ring (bicyclic) bond motifs is 4. The third kappa shape index (κ3) is 15.4. The normalized spacial score (nSPS) is 37.8. The predicted molar refractivity (Wildman–Crippen MR) is 355 cm³/mol. The van der Waals surface area contributed by atoms with Crippen LogP contribution in [-0.2, 0) is 138 Å². The molecule has 12 rings (SSSR count). The topological polar surface area (TPSA) is 429 Å². The van der Waals surface area contributed by atoms with Crippen LogP contribution in [0, 0.1) is 58.2 Å². The summed E-state index contributed by atoms with van der Waals surface area (Å²) in [4.78, 5) is 91.9. The summed E-state index contributed by atoms with van der Waals surface area (Å²) in [7, 11) is -14.1. The van der Waals surface area contributed by atoms with Crippen LogP contribution in [0.25, 0.3) is 0 Å². The Morgan fingerprint density at radius 3 is 1.60 bits per heavy atom. The monoisotopic (exact) mass is 1520 g/mol. The predicted octanol–water partition coefficient (Wildman–Crippen LogP) is 1.46. The van der Waals surface area contributed by atoms with E-state index in [0.717, 1.165) is 18.9 Å². The Balaban J connectivity index is 0.000000159. The summed E-state index contributed by atoms with van der Waals surface area (Å²) in [6, 6.07) is 0. The molecule has 4 saturated heterocycles. The molecule has 102 heavy (non-hydrogen) atoms. The highest BCUT2D eigenvalue weighted by Gasteiger charge is 2.83. The van der Waals surface area contributed by atoms with Crippen LogP contribution >= 0.6 is 0 Å². The second kappa shape index (κ2) is 30.2. The van der Waals surface area contributed by atoms with E-state index in [2.05, 4.69) is 47.0 Å². The first-order valence-corrected chi connectivity index (χ1v) is 39.8. The number of amides is 3. The molecule has 4 heterocycles. The Kier molecular flexibility index (Phi) is 23.8. The first kappa shape index (κ1) is 80.3. The lowest BCUT2D eigenvalue weighted by atomic mass is 9.66. The van der Waals surface area contributed by atoms with Crippen molar-refractivity contribution < 1.29 is 131 Å². The van der Waals surface area contributed by atoms with Gasteiger partial charge in [0, 0.05) is 51.9 Å². The Labute approximate surface area is 594 Å². The Morgan fingerprint density at radius 2 is 1.04 bits per heavy atom. The van der Waals surface area contributed by atoms with Crippen LogP contribution in [-0.4, -0.2) is 229 Å². The molecule has 4 aliphatic heterocycles. The second-order valence-electron chi connectivity index (χ2n) is 29.5. The number of ether oxygens (including phenoxy) is 9. The van der Waals surface area contributed by atoms with Gasteiger partial charge in [-0.3, -0.25) is 31.1 Å². The van der Waals surface area contributed by atoms with Crippen molar-refractivity contribution in [2.45, 2.75) is 176 Å². The van der Waals surface area contributed by atoms with Gasteiger partial charge in [0.2, 0.25) is 17.7 Å². The molecule has 8 bridgehead atoms. The van der Waals surface area contributed by atoms with E-state index in [1.807, 2.05) is 41.5 Å². The van der Waals surface area contributed by atoms with Crippen molar-refractivity contribution in [2.24, 2.45) is 58.2 Å². The van der Waals surface area contributed by atoms with E-state index in [9.17, 15) is 72.0 Å². The van der Waals surface area contributed by atoms with Crippen molar-refractivity contribution in [3.05, 3.63) is 49.1 Å². The van der Waals surface area contributed by atoms with Crippen LogP contribution < -0.4 is 16.0 Å². The highest BCUT2D eigenvalue weighted by Crippen LogP contribution is 2.74. The summed E-state index contributed by atoms with van der Waals surface area (Å²) >= 11 is 0. The molecule has 36 heteroatoms. The molecular formula is C66H95N3O29S4. The zero-order chi connectivity index (χ0) is 75.4. The van der Waals surface area contributed by atoms with Gasteiger partial charge in [0.1, 0.15) is 75.8 Å². The minimum atomic E-state index is -3.64. The van der Waals surface area contributed by atoms with E-state index in [1.54, 1.807) is 27.7 Å². The highest BCUT2D eigenvalue weighted by atomic mass is 32.2. The summed E-state index contributed by atoms with van der Waals surface area (Å²) < 4.78 is 165. The van der Waals surface area contributed by atoms with E-state index < -0.39 is 139 Å². The summed E-state index contributed by atoms with van der Waals surface area (Å²) in [5, 5.41) is 6.05. The molecule has 3 amide bonds. The van der Waals surface area contributed by atoms with E-state index in [4.69, 9.17) is 54.6 Å². The molecule has 21 unspecified atom stereocenters. The Morgan fingerprint density at radius 1 is 0.520 bits per heavy atom. The van der Waals surface area contributed by atoms with Crippen LogP contribution in [0.1, 0.15) is 108 Å². The number of nitrogens with one attached hydrogen (secondary N) is 3. The third-order valence-electron chi connectivity index (χ3n) is 23.2. The van der Waals surface area contributed by atoms with Gasteiger partial charge in [-0.05, 0) is 109 Å². The van der Waals surface area contributed by atoms with Gasteiger partial charge in [0.25, 0.3) is 40.5 Å². The van der Waals surface area contributed by atoms with Crippen molar-refractivity contribution in [2.75, 3.05) is 79.1 Å². The maximum absolute atomic E-state index is 12.5. The minimum absolute atomic E-state index is 0.00125. The van der Waals surface area contributed by atoms with Gasteiger partial charge in [-0.1, -0.05) is 54.0 Å². The minimum Gasteiger partial charge on any atom is -0.461 e. The van der Waals surface area contributed by atoms with Gasteiger partial charge in [-0.15, -0.1) is 0 Å². The van der Waals surface area contributed by atoms with Crippen molar-refractivity contribution in [3.63, 3.8) is 0 Å². The third-order valence-corrected chi connectivity index (χ3v) is 30.2. The first-order valence-electron chi connectivity index (χ1n) is 33.9. The largest absolute Gasteiger partial charge is 0.461 e. The molecule has 572 valence electrons. The SMILES string of the molecule is C=C(C)C(=O)OCCNC(=O)COC1(C)C2(C)CC3C(C2C)C1(C)OS3(=O)=O.C=C(C)C(=O)OCCNC(=O)COC1(C)C2CC3C1OS(=O)(=O)C3C2.C=C(C)C(=O)OCCNC(=O)COC1C2OS(=O)(=O)C3CC1C(C)(C)C23.C=CC(=O)OCC(=O)OCCOC1C2CC3C1OS(=O)(=O)C3C2. The molecule has 32 nitrogen and oxygen atoms in total. The molecule has 0 aromatic heterocycles. The van der Waals surface area contributed by atoms with Crippen molar-refractivity contribution in [3.8, 4) is 0 Å².